The number of carbonyl (C=O) groups excluding carboxylic acids is 1. The molecule has 0 atom stereocenters. The fourth-order valence-electron chi connectivity index (χ4n) is 4.02. The molecule has 4 heterocycles. The minimum atomic E-state index is -0.0322. The Labute approximate surface area is 164 Å². The van der Waals surface area contributed by atoms with E-state index < -0.39 is 0 Å². The second-order valence-electron chi connectivity index (χ2n) is 7.52. The molecule has 7 heteroatoms. The third-order valence-corrected chi connectivity index (χ3v) is 5.64. The predicted molar refractivity (Wildman–Crippen MR) is 110 cm³/mol. The van der Waals surface area contributed by atoms with Gasteiger partial charge in [-0.25, -0.2) is 9.97 Å². The van der Waals surface area contributed by atoms with Crippen LogP contribution in [0.25, 0.3) is 22.2 Å². The maximum atomic E-state index is 12.1. The first-order chi connectivity index (χ1) is 13.8. The molecular formula is C21H25N5O2. The first kappa shape index (κ1) is 17.2. The highest BCUT2D eigenvalue weighted by Crippen LogP contribution is 2.30. The number of H-pyrrole nitrogens is 1. The van der Waals surface area contributed by atoms with Gasteiger partial charge in [-0.3, -0.25) is 4.79 Å². The zero-order chi connectivity index (χ0) is 18.9. The van der Waals surface area contributed by atoms with Gasteiger partial charge in [0.15, 0.2) is 11.6 Å². The van der Waals surface area contributed by atoms with E-state index in [1.165, 1.54) is 0 Å². The van der Waals surface area contributed by atoms with Crippen LogP contribution in [0, 0.1) is 5.92 Å². The van der Waals surface area contributed by atoms with Crippen molar-refractivity contribution in [2.24, 2.45) is 5.92 Å². The van der Waals surface area contributed by atoms with Crippen molar-refractivity contribution >= 4 is 28.4 Å². The van der Waals surface area contributed by atoms with Crippen LogP contribution in [0.5, 0.6) is 0 Å². The van der Waals surface area contributed by atoms with E-state index in [-0.39, 0.29) is 7.33 Å². The number of fused-ring (bicyclic) bond motifs is 2. The number of aromatic amines is 1. The largest absolute Gasteiger partial charge is 0.381 e. The van der Waals surface area contributed by atoms with Gasteiger partial charge < -0.3 is 19.9 Å². The van der Waals surface area contributed by atoms with Crippen molar-refractivity contribution in [3.05, 3.63) is 36.7 Å². The fraction of sp³-hybridized carbons (Fsp3) is 0.381. The van der Waals surface area contributed by atoms with E-state index in [1.54, 1.807) is 6.20 Å². The Balaban J connectivity index is 0.00000205. The number of amides is 1. The molecule has 1 amide bonds. The van der Waals surface area contributed by atoms with Crippen molar-refractivity contribution in [1.29, 1.82) is 0 Å². The average molecular weight is 379 g/mol. The highest BCUT2D eigenvalue weighted by atomic mass is 16.5. The molecule has 2 aromatic heterocycles. The van der Waals surface area contributed by atoms with Crippen LogP contribution in [-0.4, -0.2) is 47.2 Å². The molecule has 0 saturated carbocycles. The third kappa shape index (κ3) is 3.33. The van der Waals surface area contributed by atoms with Crippen molar-refractivity contribution in [3.8, 4) is 11.3 Å². The molecule has 0 radical (unpaired) electrons. The van der Waals surface area contributed by atoms with E-state index in [2.05, 4.69) is 32.3 Å². The second-order valence-corrected chi connectivity index (χ2v) is 7.52. The maximum absolute atomic E-state index is 12.1. The molecule has 2 N–H and O–H groups in total. The fourth-order valence-corrected chi connectivity index (χ4v) is 4.02. The van der Waals surface area contributed by atoms with Gasteiger partial charge in [0.25, 0.3) is 0 Å². The molecule has 1 aromatic carbocycles. The van der Waals surface area contributed by atoms with Crippen molar-refractivity contribution in [2.45, 2.75) is 19.3 Å². The van der Waals surface area contributed by atoms with Crippen LogP contribution < -0.4 is 10.2 Å². The number of hydrogen-bond donors (Lipinski definition) is 2. The highest BCUT2D eigenvalue weighted by molar-refractivity contribution is 5.99. The van der Waals surface area contributed by atoms with Crippen molar-refractivity contribution in [2.75, 3.05) is 36.5 Å². The van der Waals surface area contributed by atoms with Crippen LogP contribution in [0.4, 0.5) is 11.6 Å². The topological polar surface area (TPSA) is 83.1 Å². The number of nitrogens with one attached hydrogen (secondary N) is 2. The van der Waals surface area contributed by atoms with E-state index in [9.17, 15) is 4.79 Å². The first-order valence-electron chi connectivity index (χ1n) is 9.83. The quantitative estimate of drug-likeness (QED) is 0.725. The van der Waals surface area contributed by atoms with E-state index >= 15 is 0 Å². The molecule has 28 heavy (non-hydrogen) atoms. The average Bonchev–Trinajstić information content (AvgIpc) is 3.20. The van der Waals surface area contributed by atoms with Gasteiger partial charge in [-0.2, -0.15) is 0 Å². The van der Waals surface area contributed by atoms with Crippen LogP contribution in [0.1, 0.15) is 20.7 Å². The second kappa shape index (κ2) is 7.24. The standard InChI is InChI=1S/C21H23N5O2.H2/c27-19-13-26(8-4-14-5-9-28-10-6-14)21-20(25-19)23-12-18(24-21)15-1-2-17-16(11-15)3-7-22-17;/h1-3,7,11-12,14,22H,4-6,8-10,13H2,(H,23,25,27);1H. The summed E-state index contributed by atoms with van der Waals surface area (Å²) >= 11 is 0. The predicted octanol–water partition coefficient (Wildman–Crippen LogP) is 3.45. The number of anilines is 2. The number of ether oxygens (including phenoxy) is 1. The summed E-state index contributed by atoms with van der Waals surface area (Å²) in [6.45, 7) is 2.81. The lowest BCUT2D eigenvalue weighted by Gasteiger charge is -2.31. The van der Waals surface area contributed by atoms with Crippen LogP contribution in [0.3, 0.4) is 0 Å². The number of nitrogens with zero attached hydrogens (tertiary/aromatic N) is 3. The Morgan fingerprint density at radius 1 is 1.25 bits per heavy atom. The Kier molecular flexibility index (Phi) is 4.44. The summed E-state index contributed by atoms with van der Waals surface area (Å²) in [5.41, 5.74) is 2.93. The SMILES string of the molecule is O=C1CN(CCC2CCOCC2)c2nc(-c3ccc4[nH]ccc4c3)cnc2N1.[HH]. The lowest BCUT2D eigenvalue weighted by molar-refractivity contribution is -0.115. The molecule has 0 spiro atoms. The van der Waals surface area contributed by atoms with Gasteiger partial charge in [-0.05, 0) is 43.4 Å². The van der Waals surface area contributed by atoms with Gasteiger partial charge >= 0.3 is 0 Å². The molecule has 146 valence electrons. The molecule has 2 aliphatic rings. The molecular weight excluding hydrogens is 354 g/mol. The molecule has 1 saturated heterocycles. The van der Waals surface area contributed by atoms with Crippen LogP contribution in [-0.2, 0) is 9.53 Å². The van der Waals surface area contributed by atoms with Crippen molar-refractivity contribution in [3.63, 3.8) is 0 Å². The lowest BCUT2D eigenvalue weighted by Crippen LogP contribution is -2.40. The van der Waals surface area contributed by atoms with Gasteiger partial charge in [0.1, 0.15) is 0 Å². The molecule has 3 aromatic rings. The van der Waals surface area contributed by atoms with Gasteiger partial charge in [0.2, 0.25) is 5.91 Å². The Morgan fingerprint density at radius 3 is 3.04 bits per heavy atom. The zero-order valence-corrected chi connectivity index (χ0v) is 15.6. The van der Waals surface area contributed by atoms with Gasteiger partial charge in [0, 0.05) is 43.8 Å². The Hall–Kier alpha value is -2.93. The summed E-state index contributed by atoms with van der Waals surface area (Å²) in [5, 5.41) is 3.99. The maximum Gasteiger partial charge on any atom is 0.245 e. The third-order valence-electron chi connectivity index (χ3n) is 5.64. The normalized spacial score (nSPS) is 17.6. The summed E-state index contributed by atoms with van der Waals surface area (Å²) in [6, 6.07) is 8.25. The zero-order valence-electron chi connectivity index (χ0n) is 15.6. The molecule has 7 nitrogen and oxygen atoms in total. The van der Waals surface area contributed by atoms with Crippen molar-refractivity contribution < 1.29 is 11.0 Å². The molecule has 2 aliphatic heterocycles. The van der Waals surface area contributed by atoms with Crippen LogP contribution in [0.15, 0.2) is 36.7 Å². The number of hydrogen-bond acceptors (Lipinski definition) is 5. The Bertz CT molecular complexity index is 1020. The van der Waals surface area contributed by atoms with Gasteiger partial charge in [0.05, 0.1) is 18.4 Å². The van der Waals surface area contributed by atoms with Gasteiger partial charge in [-0.1, -0.05) is 6.07 Å². The minimum absolute atomic E-state index is 0. The smallest absolute Gasteiger partial charge is 0.245 e. The molecule has 0 unspecified atom stereocenters. The number of rotatable bonds is 4. The summed E-state index contributed by atoms with van der Waals surface area (Å²) in [4.78, 5) is 26.7. The van der Waals surface area contributed by atoms with Crippen LogP contribution in [0.2, 0.25) is 0 Å². The first-order valence-corrected chi connectivity index (χ1v) is 9.83. The monoisotopic (exact) mass is 379 g/mol. The van der Waals surface area contributed by atoms with E-state index in [0.717, 1.165) is 67.0 Å². The molecule has 0 aliphatic carbocycles. The van der Waals surface area contributed by atoms with Crippen LogP contribution >= 0.6 is 0 Å². The number of carbonyl (C=O) groups is 1. The van der Waals surface area contributed by atoms with E-state index in [4.69, 9.17) is 9.72 Å². The summed E-state index contributed by atoms with van der Waals surface area (Å²) in [7, 11) is 0. The summed E-state index contributed by atoms with van der Waals surface area (Å²) < 4.78 is 5.45. The minimum Gasteiger partial charge on any atom is -0.381 e. The lowest BCUT2D eigenvalue weighted by atomic mass is 9.96. The molecule has 1 fully saturated rings. The molecule has 0 bridgehead atoms. The van der Waals surface area contributed by atoms with E-state index in [0.29, 0.717) is 18.3 Å². The summed E-state index contributed by atoms with van der Waals surface area (Å²) in [6.07, 6.45) is 6.89. The van der Waals surface area contributed by atoms with Crippen molar-refractivity contribution in [1.82, 2.24) is 15.0 Å². The number of benzene rings is 1. The van der Waals surface area contributed by atoms with Gasteiger partial charge in [-0.15, -0.1) is 0 Å². The van der Waals surface area contributed by atoms with E-state index in [1.807, 2.05) is 18.3 Å². The Morgan fingerprint density at radius 2 is 2.14 bits per heavy atom. The highest BCUT2D eigenvalue weighted by Gasteiger charge is 2.26. The summed E-state index contributed by atoms with van der Waals surface area (Å²) in [5.74, 6) is 1.93. The number of aromatic nitrogens is 3. The molecule has 5 rings (SSSR count).